The fourth-order valence-electron chi connectivity index (χ4n) is 3.14. The third-order valence-corrected chi connectivity index (χ3v) is 6.09. The molecule has 0 aliphatic carbocycles. The third-order valence-electron chi connectivity index (χ3n) is 4.69. The first kappa shape index (κ1) is 22.4. The summed E-state index contributed by atoms with van der Waals surface area (Å²) in [6.45, 7) is 3.68. The zero-order valence-corrected chi connectivity index (χ0v) is 19.8. The van der Waals surface area contributed by atoms with E-state index < -0.39 is 11.8 Å². The average Bonchev–Trinajstić information content (AvgIpc) is 2.70. The number of aromatic hydroxyl groups is 1. The van der Waals surface area contributed by atoms with Crippen molar-refractivity contribution in [3.8, 4) is 11.8 Å². The Bertz CT molecular complexity index is 1170. The van der Waals surface area contributed by atoms with E-state index in [0.717, 1.165) is 16.7 Å². The second-order valence-corrected chi connectivity index (χ2v) is 8.91. The van der Waals surface area contributed by atoms with Gasteiger partial charge in [0.1, 0.15) is 5.75 Å². The second kappa shape index (κ2) is 9.25. The molecule has 7 heteroatoms. The molecular formula is C23H17Cl2IN2O2. The van der Waals surface area contributed by atoms with Gasteiger partial charge in [-0.25, -0.2) is 0 Å². The summed E-state index contributed by atoms with van der Waals surface area (Å²) in [5.74, 6) is -1.07. The molecule has 0 saturated carbocycles. The highest BCUT2D eigenvalue weighted by molar-refractivity contribution is 14.1. The van der Waals surface area contributed by atoms with Crippen LogP contribution in [0.25, 0.3) is 0 Å². The Labute approximate surface area is 198 Å². The summed E-state index contributed by atoms with van der Waals surface area (Å²) in [6, 6.07) is 16.2. The summed E-state index contributed by atoms with van der Waals surface area (Å²) in [4.78, 5) is 12.7. The van der Waals surface area contributed by atoms with E-state index in [-0.39, 0.29) is 11.3 Å². The molecule has 152 valence electrons. The van der Waals surface area contributed by atoms with Crippen LogP contribution in [0.15, 0.2) is 48.5 Å². The molecule has 1 amide bonds. The van der Waals surface area contributed by atoms with Crippen LogP contribution in [0.5, 0.6) is 5.75 Å². The molecule has 0 aliphatic rings. The molecule has 0 spiro atoms. The van der Waals surface area contributed by atoms with Crippen LogP contribution in [-0.2, 0) is 0 Å². The van der Waals surface area contributed by atoms with Crippen LogP contribution in [0.4, 0.5) is 5.69 Å². The lowest BCUT2D eigenvalue weighted by Gasteiger charge is -2.16. The van der Waals surface area contributed by atoms with Crippen molar-refractivity contribution < 1.29 is 9.90 Å². The smallest absolute Gasteiger partial charge is 0.259 e. The molecule has 2 N–H and O–H groups in total. The van der Waals surface area contributed by atoms with E-state index in [9.17, 15) is 15.2 Å². The number of nitriles is 1. The van der Waals surface area contributed by atoms with Crippen LogP contribution in [0.3, 0.4) is 0 Å². The van der Waals surface area contributed by atoms with E-state index in [1.165, 1.54) is 0 Å². The van der Waals surface area contributed by atoms with Crippen LogP contribution < -0.4 is 5.32 Å². The number of nitrogens with one attached hydrogen (secondary N) is 1. The molecule has 0 saturated heterocycles. The van der Waals surface area contributed by atoms with Gasteiger partial charge in [-0.05, 0) is 89.0 Å². The molecule has 1 atom stereocenters. The first-order valence-electron chi connectivity index (χ1n) is 8.97. The van der Waals surface area contributed by atoms with Crippen molar-refractivity contribution in [1.82, 2.24) is 0 Å². The molecule has 0 radical (unpaired) electrons. The van der Waals surface area contributed by atoms with Crippen molar-refractivity contribution in [3.05, 3.63) is 90.0 Å². The van der Waals surface area contributed by atoms with Crippen molar-refractivity contribution >= 4 is 57.4 Å². The van der Waals surface area contributed by atoms with E-state index in [1.807, 2.05) is 36.4 Å². The molecule has 4 nitrogen and oxygen atoms in total. The van der Waals surface area contributed by atoms with E-state index in [2.05, 4.69) is 11.4 Å². The van der Waals surface area contributed by atoms with Crippen molar-refractivity contribution in [2.75, 3.05) is 5.32 Å². The van der Waals surface area contributed by atoms with Crippen LogP contribution in [-0.4, -0.2) is 11.0 Å². The summed E-state index contributed by atoms with van der Waals surface area (Å²) in [6.07, 6.45) is 0. The van der Waals surface area contributed by atoms with Gasteiger partial charge in [-0.3, -0.25) is 4.79 Å². The van der Waals surface area contributed by atoms with Gasteiger partial charge in [0.25, 0.3) is 5.91 Å². The molecule has 0 aliphatic heterocycles. The molecule has 3 aromatic rings. The highest BCUT2D eigenvalue weighted by Gasteiger charge is 2.20. The molecule has 30 heavy (non-hydrogen) atoms. The lowest BCUT2D eigenvalue weighted by atomic mass is 9.91. The van der Waals surface area contributed by atoms with Crippen LogP contribution in [0.1, 0.15) is 38.5 Å². The maximum absolute atomic E-state index is 12.7. The SMILES string of the molecule is Cc1cc(I)c(O)c(C(=O)Nc2cc(Cl)c(C(C#N)c3ccc(Cl)cc3)cc2C)c1. The molecule has 0 bridgehead atoms. The molecule has 1 unspecified atom stereocenters. The van der Waals surface area contributed by atoms with Crippen LogP contribution >= 0.6 is 45.8 Å². The number of benzene rings is 3. The Hall–Kier alpha value is -2.27. The van der Waals surface area contributed by atoms with Gasteiger partial charge in [0.15, 0.2) is 0 Å². The molecule has 0 fully saturated rings. The van der Waals surface area contributed by atoms with Crippen molar-refractivity contribution in [1.29, 1.82) is 5.26 Å². The number of carbonyl (C=O) groups excluding carboxylic acids is 1. The normalized spacial score (nSPS) is 11.6. The minimum atomic E-state index is -0.569. The topological polar surface area (TPSA) is 73.1 Å². The fourth-order valence-corrected chi connectivity index (χ4v) is 4.32. The summed E-state index contributed by atoms with van der Waals surface area (Å²) in [5.41, 5.74) is 3.74. The van der Waals surface area contributed by atoms with Gasteiger partial charge in [-0.2, -0.15) is 5.26 Å². The summed E-state index contributed by atoms with van der Waals surface area (Å²) in [5, 5.41) is 23.7. The number of hydrogen-bond donors (Lipinski definition) is 2. The van der Waals surface area contributed by atoms with Gasteiger partial charge in [-0.1, -0.05) is 41.4 Å². The Morgan fingerprint density at radius 1 is 1.13 bits per heavy atom. The predicted molar refractivity (Wildman–Crippen MR) is 129 cm³/mol. The highest BCUT2D eigenvalue weighted by atomic mass is 127. The summed E-state index contributed by atoms with van der Waals surface area (Å²) in [7, 11) is 0. The first-order valence-corrected chi connectivity index (χ1v) is 10.8. The monoisotopic (exact) mass is 550 g/mol. The van der Waals surface area contributed by atoms with Gasteiger partial charge in [-0.15, -0.1) is 0 Å². The van der Waals surface area contributed by atoms with E-state index >= 15 is 0 Å². The van der Waals surface area contributed by atoms with Gasteiger partial charge in [0.2, 0.25) is 0 Å². The van der Waals surface area contributed by atoms with Crippen LogP contribution in [0, 0.1) is 28.7 Å². The highest BCUT2D eigenvalue weighted by Crippen LogP contribution is 2.35. The zero-order valence-electron chi connectivity index (χ0n) is 16.1. The number of phenols is 1. The fraction of sp³-hybridized carbons (Fsp3) is 0.130. The Kier molecular flexibility index (Phi) is 6.91. The Balaban J connectivity index is 1.94. The number of carbonyl (C=O) groups is 1. The van der Waals surface area contributed by atoms with Crippen molar-refractivity contribution in [3.63, 3.8) is 0 Å². The summed E-state index contributed by atoms with van der Waals surface area (Å²) >= 11 is 14.4. The lowest BCUT2D eigenvalue weighted by molar-refractivity contribution is 0.102. The summed E-state index contributed by atoms with van der Waals surface area (Å²) < 4.78 is 0.600. The number of hydrogen-bond acceptors (Lipinski definition) is 3. The Morgan fingerprint density at radius 2 is 1.80 bits per heavy atom. The van der Waals surface area contributed by atoms with Crippen LogP contribution in [0.2, 0.25) is 10.0 Å². The van der Waals surface area contributed by atoms with E-state index in [0.29, 0.717) is 24.9 Å². The lowest BCUT2D eigenvalue weighted by Crippen LogP contribution is -2.14. The maximum atomic E-state index is 12.7. The number of aryl methyl sites for hydroxylation is 2. The largest absolute Gasteiger partial charge is 0.506 e. The van der Waals surface area contributed by atoms with Gasteiger partial charge >= 0.3 is 0 Å². The average molecular weight is 551 g/mol. The number of anilines is 1. The molecular weight excluding hydrogens is 534 g/mol. The minimum Gasteiger partial charge on any atom is -0.506 e. The van der Waals surface area contributed by atoms with Gasteiger partial charge < -0.3 is 10.4 Å². The third kappa shape index (κ3) is 4.72. The molecule has 3 rings (SSSR count). The van der Waals surface area contributed by atoms with Gasteiger partial charge in [0.05, 0.1) is 21.1 Å². The number of amides is 1. The van der Waals surface area contributed by atoms with E-state index in [1.54, 1.807) is 48.5 Å². The van der Waals surface area contributed by atoms with Crippen molar-refractivity contribution in [2.24, 2.45) is 0 Å². The maximum Gasteiger partial charge on any atom is 0.259 e. The second-order valence-electron chi connectivity index (χ2n) is 6.90. The predicted octanol–water partition coefficient (Wildman–Crippen LogP) is 6.83. The van der Waals surface area contributed by atoms with E-state index in [4.69, 9.17) is 23.2 Å². The van der Waals surface area contributed by atoms with Gasteiger partial charge in [0, 0.05) is 15.7 Å². The first-order chi connectivity index (χ1) is 14.2. The Morgan fingerprint density at radius 3 is 2.43 bits per heavy atom. The quantitative estimate of drug-likeness (QED) is 0.350. The number of rotatable bonds is 4. The molecule has 0 aromatic heterocycles. The number of nitrogens with zero attached hydrogens (tertiary/aromatic N) is 1. The molecule has 0 heterocycles. The van der Waals surface area contributed by atoms with Crippen molar-refractivity contribution in [2.45, 2.75) is 19.8 Å². The standard InChI is InChI=1S/C23H17Cl2IN2O2/c1-12-7-17(22(29)20(26)8-12)23(30)28-21-10-19(25)16(9-13(21)2)18(11-27)14-3-5-15(24)6-4-14/h3-10,18,29H,1-2H3,(H,28,30). The number of phenolic OH excluding ortho intramolecular Hbond substituents is 1. The number of halogens is 3. The zero-order chi connectivity index (χ0) is 22.0. The molecule has 3 aromatic carbocycles. The minimum absolute atomic E-state index is 0.0636.